The molecule has 234 valence electrons. The standard InChI is InChI=1S/C48H31NO/c1-4-14-32(15-5-1)35-26-27-44-42(31-35)40-20-10-11-23-43(40)49(44)45-24-12-22-41-47-39(21-13-25-46(47)50-48(41)45)38-29-36(33-16-6-2-7-17-33)28-37(30-38)34-18-8-3-9-19-34/h1-31H. The van der Waals surface area contributed by atoms with E-state index in [0.717, 1.165) is 49.8 Å². The molecule has 2 nitrogen and oxygen atoms in total. The van der Waals surface area contributed by atoms with Gasteiger partial charge in [0.2, 0.25) is 0 Å². The third kappa shape index (κ3) is 4.57. The van der Waals surface area contributed by atoms with Crippen molar-refractivity contribution in [2.75, 3.05) is 0 Å². The summed E-state index contributed by atoms with van der Waals surface area (Å²) in [4.78, 5) is 0. The first-order valence-electron chi connectivity index (χ1n) is 17.1. The monoisotopic (exact) mass is 637 g/mol. The van der Waals surface area contributed by atoms with Crippen LogP contribution in [-0.4, -0.2) is 4.57 Å². The van der Waals surface area contributed by atoms with E-state index in [1.54, 1.807) is 0 Å². The van der Waals surface area contributed by atoms with Gasteiger partial charge in [0.05, 0.1) is 16.7 Å². The number of para-hydroxylation sites is 2. The molecule has 0 spiro atoms. The van der Waals surface area contributed by atoms with Crippen LogP contribution in [-0.2, 0) is 0 Å². The van der Waals surface area contributed by atoms with Crippen molar-refractivity contribution in [1.29, 1.82) is 0 Å². The highest BCUT2D eigenvalue weighted by atomic mass is 16.3. The average Bonchev–Trinajstić information content (AvgIpc) is 3.74. The highest BCUT2D eigenvalue weighted by molar-refractivity contribution is 6.16. The zero-order valence-corrected chi connectivity index (χ0v) is 27.3. The number of furan rings is 1. The summed E-state index contributed by atoms with van der Waals surface area (Å²) in [5, 5.41) is 4.68. The molecule has 0 saturated heterocycles. The van der Waals surface area contributed by atoms with E-state index in [-0.39, 0.29) is 0 Å². The van der Waals surface area contributed by atoms with Gasteiger partial charge in [-0.25, -0.2) is 0 Å². The van der Waals surface area contributed by atoms with Crippen LogP contribution in [0.4, 0.5) is 0 Å². The SMILES string of the molecule is c1ccc(-c2cc(-c3ccccc3)cc(-c3cccc4oc5c(-n6c7ccccc7c7cc(-c8ccccc8)ccc76)cccc5c34)c2)cc1. The average molecular weight is 638 g/mol. The van der Waals surface area contributed by atoms with Crippen LogP contribution in [0.5, 0.6) is 0 Å². The Morgan fingerprint density at radius 3 is 1.60 bits per heavy atom. The van der Waals surface area contributed by atoms with E-state index in [1.807, 2.05) is 0 Å². The minimum absolute atomic E-state index is 0.878. The second kappa shape index (κ2) is 11.5. The van der Waals surface area contributed by atoms with E-state index in [4.69, 9.17) is 4.42 Å². The molecule has 0 aliphatic rings. The third-order valence-electron chi connectivity index (χ3n) is 9.98. The van der Waals surface area contributed by atoms with Crippen LogP contribution in [0.3, 0.4) is 0 Å². The molecule has 10 aromatic rings. The Morgan fingerprint density at radius 1 is 0.340 bits per heavy atom. The molecule has 2 heteroatoms. The van der Waals surface area contributed by atoms with E-state index in [0.29, 0.717) is 0 Å². The van der Waals surface area contributed by atoms with Gasteiger partial charge in [-0.3, -0.25) is 0 Å². The van der Waals surface area contributed by atoms with Gasteiger partial charge < -0.3 is 8.98 Å². The summed E-state index contributed by atoms with van der Waals surface area (Å²) in [6, 6.07) is 67.3. The Balaban J connectivity index is 1.21. The van der Waals surface area contributed by atoms with Crippen molar-refractivity contribution in [3.05, 3.63) is 188 Å². The van der Waals surface area contributed by atoms with E-state index >= 15 is 0 Å². The highest BCUT2D eigenvalue weighted by Crippen LogP contribution is 2.43. The molecule has 2 heterocycles. The van der Waals surface area contributed by atoms with Gasteiger partial charge in [-0.15, -0.1) is 0 Å². The number of nitrogens with zero attached hydrogens (tertiary/aromatic N) is 1. The molecular weight excluding hydrogens is 607 g/mol. The van der Waals surface area contributed by atoms with Gasteiger partial charge in [0.1, 0.15) is 5.58 Å². The summed E-state index contributed by atoms with van der Waals surface area (Å²) in [6.07, 6.45) is 0. The minimum atomic E-state index is 0.878. The minimum Gasteiger partial charge on any atom is -0.454 e. The van der Waals surface area contributed by atoms with E-state index in [1.165, 1.54) is 44.2 Å². The quantitative estimate of drug-likeness (QED) is 0.184. The van der Waals surface area contributed by atoms with Crippen molar-refractivity contribution in [2.45, 2.75) is 0 Å². The van der Waals surface area contributed by atoms with Crippen LogP contribution in [0.25, 0.3) is 93.9 Å². The largest absolute Gasteiger partial charge is 0.454 e. The summed E-state index contributed by atoms with van der Waals surface area (Å²) >= 11 is 0. The summed E-state index contributed by atoms with van der Waals surface area (Å²) < 4.78 is 9.24. The molecule has 0 unspecified atom stereocenters. The molecule has 2 aromatic heterocycles. The Bertz CT molecular complexity index is 2790. The van der Waals surface area contributed by atoms with Crippen LogP contribution in [0.15, 0.2) is 192 Å². The zero-order valence-electron chi connectivity index (χ0n) is 27.3. The van der Waals surface area contributed by atoms with Gasteiger partial charge in [0.15, 0.2) is 5.58 Å². The lowest BCUT2D eigenvalue weighted by Crippen LogP contribution is -1.94. The predicted octanol–water partition coefficient (Wildman–Crippen LogP) is 13.4. The molecular formula is C48H31NO. The van der Waals surface area contributed by atoms with Crippen molar-refractivity contribution in [3.8, 4) is 50.2 Å². The summed E-state index contributed by atoms with van der Waals surface area (Å²) in [5.74, 6) is 0. The molecule has 50 heavy (non-hydrogen) atoms. The number of aromatic nitrogens is 1. The maximum Gasteiger partial charge on any atom is 0.159 e. The second-order valence-electron chi connectivity index (χ2n) is 12.9. The molecule has 0 saturated carbocycles. The highest BCUT2D eigenvalue weighted by Gasteiger charge is 2.20. The molecule has 0 aliphatic heterocycles. The number of benzene rings is 8. The van der Waals surface area contributed by atoms with Crippen molar-refractivity contribution >= 4 is 43.7 Å². The van der Waals surface area contributed by atoms with E-state index < -0.39 is 0 Å². The summed E-state index contributed by atoms with van der Waals surface area (Å²) in [6.45, 7) is 0. The van der Waals surface area contributed by atoms with Crippen molar-refractivity contribution in [1.82, 2.24) is 4.57 Å². The molecule has 0 N–H and O–H groups in total. The fourth-order valence-electron chi connectivity index (χ4n) is 7.67. The fraction of sp³-hybridized carbons (Fsp3) is 0. The zero-order chi connectivity index (χ0) is 33.0. The molecule has 0 aliphatic carbocycles. The molecule has 0 atom stereocenters. The summed E-state index contributed by atoms with van der Waals surface area (Å²) in [5.41, 5.74) is 14.6. The number of hydrogen-bond acceptors (Lipinski definition) is 1. The van der Waals surface area contributed by atoms with E-state index in [9.17, 15) is 0 Å². The Labute approximate surface area is 290 Å². The van der Waals surface area contributed by atoms with Crippen LogP contribution in [0, 0.1) is 0 Å². The Hall–Kier alpha value is -6.64. The van der Waals surface area contributed by atoms with Crippen molar-refractivity contribution in [3.63, 3.8) is 0 Å². The normalized spacial score (nSPS) is 11.6. The smallest absolute Gasteiger partial charge is 0.159 e. The molecule has 8 aromatic carbocycles. The van der Waals surface area contributed by atoms with Gasteiger partial charge in [-0.2, -0.15) is 0 Å². The fourth-order valence-corrected chi connectivity index (χ4v) is 7.67. The third-order valence-corrected chi connectivity index (χ3v) is 9.98. The van der Waals surface area contributed by atoms with Crippen molar-refractivity contribution in [2.24, 2.45) is 0 Å². The van der Waals surface area contributed by atoms with Crippen LogP contribution in [0.2, 0.25) is 0 Å². The lowest BCUT2D eigenvalue weighted by atomic mass is 9.91. The maximum absolute atomic E-state index is 6.87. The number of fused-ring (bicyclic) bond motifs is 6. The van der Waals surface area contributed by atoms with Gasteiger partial charge in [0, 0.05) is 21.5 Å². The van der Waals surface area contributed by atoms with E-state index in [2.05, 4.69) is 193 Å². The van der Waals surface area contributed by atoms with Gasteiger partial charge in [0.25, 0.3) is 0 Å². The second-order valence-corrected chi connectivity index (χ2v) is 12.9. The number of rotatable bonds is 5. The lowest BCUT2D eigenvalue weighted by Gasteiger charge is -2.12. The lowest BCUT2D eigenvalue weighted by molar-refractivity contribution is 0.666. The first-order valence-corrected chi connectivity index (χ1v) is 17.1. The van der Waals surface area contributed by atoms with Crippen LogP contribution in [0.1, 0.15) is 0 Å². The Kier molecular flexibility index (Phi) is 6.53. The molecule has 0 radical (unpaired) electrons. The molecule has 0 bridgehead atoms. The van der Waals surface area contributed by atoms with Crippen LogP contribution >= 0.6 is 0 Å². The molecule has 0 amide bonds. The number of hydrogen-bond donors (Lipinski definition) is 0. The first kappa shape index (κ1) is 28.4. The predicted molar refractivity (Wildman–Crippen MR) is 210 cm³/mol. The Morgan fingerprint density at radius 2 is 0.900 bits per heavy atom. The first-order chi connectivity index (χ1) is 24.8. The summed E-state index contributed by atoms with van der Waals surface area (Å²) in [7, 11) is 0. The molecule has 0 fully saturated rings. The van der Waals surface area contributed by atoms with Gasteiger partial charge >= 0.3 is 0 Å². The van der Waals surface area contributed by atoms with Gasteiger partial charge in [-0.05, 0) is 93.0 Å². The van der Waals surface area contributed by atoms with Crippen molar-refractivity contribution < 1.29 is 4.42 Å². The van der Waals surface area contributed by atoms with Crippen LogP contribution < -0.4 is 0 Å². The molecule has 10 rings (SSSR count). The van der Waals surface area contributed by atoms with Gasteiger partial charge in [-0.1, -0.05) is 140 Å². The topological polar surface area (TPSA) is 18.1 Å². The maximum atomic E-state index is 6.87.